The molecule has 1 aromatic heterocycles. The molecular formula is C12H14N2OS. The van der Waals surface area contributed by atoms with Gasteiger partial charge in [0.1, 0.15) is 5.75 Å². The maximum atomic E-state index is 6.15. The first-order valence-electron chi connectivity index (χ1n) is 5.07. The van der Waals surface area contributed by atoms with Crippen LogP contribution in [-0.2, 0) is 6.42 Å². The van der Waals surface area contributed by atoms with Gasteiger partial charge in [-0.2, -0.15) is 0 Å². The van der Waals surface area contributed by atoms with Crippen LogP contribution in [0, 0.1) is 0 Å². The molecule has 0 aliphatic carbocycles. The number of methoxy groups -OCH3 is 1. The van der Waals surface area contributed by atoms with Crippen molar-refractivity contribution in [3.63, 3.8) is 0 Å². The zero-order valence-corrected chi connectivity index (χ0v) is 9.91. The molecule has 0 aliphatic heterocycles. The maximum absolute atomic E-state index is 6.15. The van der Waals surface area contributed by atoms with Gasteiger partial charge >= 0.3 is 0 Å². The highest BCUT2D eigenvalue weighted by Gasteiger charge is 2.12. The van der Waals surface area contributed by atoms with Crippen LogP contribution >= 0.6 is 11.3 Å². The lowest BCUT2D eigenvalue weighted by Crippen LogP contribution is -2.14. The summed E-state index contributed by atoms with van der Waals surface area (Å²) in [4.78, 5) is 4.23. The van der Waals surface area contributed by atoms with Crippen molar-refractivity contribution in [2.45, 2.75) is 12.5 Å². The molecule has 0 radical (unpaired) electrons. The van der Waals surface area contributed by atoms with E-state index in [4.69, 9.17) is 10.5 Å². The highest BCUT2D eigenvalue weighted by Crippen LogP contribution is 2.25. The molecule has 0 amide bonds. The fraction of sp³-hybridized carbons (Fsp3) is 0.250. The number of para-hydroxylation sites is 1. The van der Waals surface area contributed by atoms with E-state index in [-0.39, 0.29) is 6.04 Å². The van der Waals surface area contributed by atoms with Gasteiger partial charge in [-0.05, 0) is 6.07 Å². The van der Waals surface area contributed by atoms with E-state index in [1.165, 1.54) is 0 Å². The van der Waals surface area contributed by atoms with Crippen LogP contribution in [0.15, 0.2) is 35.2 Å². The van der Waals surface area contributed by atoms with Crippen LogP contribution in [0.4, 0.5) is 0 Å². The van der Waals surface area contributed by atoms with Gasteiger partial charge in [0.2, 0.25) is 0 Å². The van der Waals surface area contributed by atoms with E-state index in [1.54, 1.807) is 18.4 Å². The minimum absolute atomic E-state index is 0.0711. The van der Waals surface area contributed by atoms with Gasteiger partial charge in [-0.25, -0.2) is 4.98 Å². The van der Waals surface area contributed by atoms with Crippen LogP contribution in [0.2, 0.25) is 0 Å². The molecule has 0 fully saturated rings. The Hall–Kier alpha value is -1.39. The SMILES string of the molecule is COc1ccccc1C(N)Cc1cscn1. The number of ether oxygens (including phenoxy) is 1. The van der Waals surface area contributed by atoms with Crippen molar-refractivity contribution in [1.82, 2.24) is 4.98 Å². The van der Waals surface area contributed by atoms with Gasteiger partial charge < -0.3 is 10.5 Å². The fourth-order valence-electron chi connectivity index (χ4n) is 1.65. The predicted octanol–water partition coefficient (Wildman–Crippen LogP) is 2.39. The fourth-order valence-corrected chi connectivity index (χ4v) is 2.22. The van der Waals surface area contributed by atoms with Crippen LogP contribution in [0.1, 0.15) is 17.3 Å². The van der Waals surface area contributed by atoms with E-state index in [9.17, 15) is 0 Å². The third-order valence-electron chi connectivity index (χ3n) is 2.45. The Labute approximate surface area is 98.9 Å². The second kappa shape index (κ2) is 5.09. The molecule has 0 saturated heterocycles. The Bertz CT molecular complexity index is 442. The lowest BCUT2D eigenvalue weighted by atomic mass is 10.0. The number of nitrogens with two attached hydrogens (primary N) is 1. The van der Waals surface area contributed by atoms with Crippen LogP contribution in [0.5, 0.6) is 5.75 Å². The van der Waals surface area contributed by atoms with Crippen molar-refractivity contribution in [2.24, 2.45) is 5.73 Å². The molecule has 1 atom stereocenters. The Balaban J connectivity index is 2.17. The summed E-state index contributed by atoms with van der Waals surface area (Å²) in [5, 5.41) is 2.02. The third-order valence-corrected chi connectivity index (χ3v) is 3.09. The van der Waals surface area contributed by atoms with Gasteiger partial charge in [0.15, 0.2) is 0 Å². The van der Waals surface area contributed by atoms with Gasteiger partial charge in [0, 0.05) is 23.4 Å². The van der Waals surface area contributed by atoms with E-state index >= 15 is 0 Å². The molecule has 4 heteroatoms. The molecule has 16 heavy (non-hydrogen) atoms. The second-order valence-corrected chi connectivity index (χ2v) is 4.25. The average Bonchev–Trinajstić information content (AvgIpc) is 2.81. The number of rotatable bonds is 4. The molecule has 2 aromatic rings. The van der Waals surface area contributed by atoms with E-state index < -0.39 is 0 Å². The molecular weight excluding hydrogens is 220 g/mol. The number of nitrogens with zero attached hydrogens (tertiary/aromatic N) is 1. The summed E-state index contributed by atoms with van der Waals surface area (Å²) in [5.41, 5.74) is 10.0. The Morgan fingerprint density at radius 3 is 2.94 bits per heavy atom. The molecule has 0 aliphatic rings. The molecule has 0 spiro atoms. The normalized spacial score (nSPS) is 12.4. The zero-order chi connectivity index (χ0) is 11.4. The van der Waals surface area contributed by atoms with E-state index in [0.29, 0.717) is 0 Å². The standard InChI is InChI=1S/C12H14N2OS/c1-15-12-5-3-2-4-10(12)11(13)6-9-7-16-8-14-9/h2-5,7-8,11H,6,13H2,1H3. The summed E-state index contributed by atoms with van der Waals surface area (Å²) in [6, 6.07) is 7.77. The summed E-state index contributed by atoms with van der Waals surface area (Å²) in [6.07, 6.45) is 0.740. The second-order valence-electron chi connectivity index (χ2n) is 3.53. The van der Waals surface area contributed by atoms with Crippen molar-refractivity contribution in [3.8, 4) is 5.75 Å². The lowest BCUT2D eigenvalue weighted by Gasteiger charge is -2.14. The van der Waals surface area contributed by atoms with Crippen LogP contribution < -0.4 is 10.5 Å². The Morgan fingerprint density at radius 2 is 2.25 bits per heavy atom. The Kier molecular flexibility index (Phi) is 3.54. The largest absolute Gasteiger partial charge is 0.496 e. The van der Waals surface area contributed by atoms with Crippen molar-refractivity contribution >= 4 is 11.3 Å². The van der Waals surface area contributed by atoms with Crippen molar-refractivity contribution < 1.29 is 4.74 Å². The first kappa shape index (κ1) is 11.1. The zero-order valence-electron chi connectivity index (χ0n) is 9.09. The molecule has 1 aromatic carbocycles. The summed E-state index contributed by atoms with van der Waals surface area (Å²) >= 11 is 1.59. The quantitative estimate of drug-likeness (QED) is 0.883. The number of hydrogen-bond acceptors (Lipinski definition) is 4. The smallest absolute Gasteiger partial charge is 0.123 e. The van der Waals surface area contributed by atoms with Gasteiger partial charge in [0.05, 0.1) is 18.3 Å². The molecule has 2 rings (SSSR count). The first-order valence-corrected chi connectivity index (χ1v) is 6.01. The summed E-state index contributed by atoms with van der Waals surface area (Å²) in [6.45, 7) is 0. The third kappa shape index (κ3) is 2.40. The molecule has 0 saturated carbocycles. The number of benzene rings is 1. The molecule has 2 N–H and O–H groups in total. The summed E-state index contributed by atoms with van der Waals surface area (Å²) in [5.74, 6) is 0.838. The number of thiazole rings is 1. The highest BCUT2D eigenvalue weighted by molar-refractivity contribution is 7.07. The topological polar surface area (TPSA) is 48.1 Å². The molecule has 0 bridgehead atoms. The van der Waals surface area contributed by atoms with Gasteiger partial charge in [-0.15, -0.1) is 11.3 Å². The van der Waals surface area contributed by atoms with E-state index in [2.05, 4.69) is 4.98 Å². The first-order chi connectivity index (χ1) is 7.81. The average molecular weight is 234 g/mol. The number of aromatic nitrogens is 1. The summed E-state index contributed by atoms with van der Waals surface area (Å²) < 4.78 is 5.29. The van der Waals surface area contributed by atoms with Crippen molar-refractivity contribution in [2.75, 3.05) is 7.11 Å². The predicted molar refractivity (Wildman–Crippen MR) is 65.7 cm³/mol. The lowest BCUT2D eigenvalue weighted by molar-refractivity contribution is 0.405. The van der Waals surface area contributed by atoms with Gasteiger partial charge in [-0.3, -0.25) is 0 Å². The van der Waals surface area contributed by atoms with Crippen molar-refractivity contribution in [3.05, 3.63) is 46.4 Å². The highest BCUT2D eigenvalue weighted by atomic mass is 32.1. The Morgan fingerprint density at radius 1 is 1.44 bits per heavy atom. The summed E-state index contributed by atoms with van der Waals surface area (Å²) in [7, 11) is 1.66. The van der Waals surface area contributed by atoms with E-state index in [1.807, 2.05) is 35.2 Å². The van der Waals surface area contributed by atoms with Crippen LogP contribution in [0.25, 0.3) is 0 Å². The van der Waals surface area contributed by atoms with Crippen molar-refractivity contribution in [1.29, 1.82) is 0 Å². The molecule has 1 heterocycles. The van der Waals surface area contributed by atoms with Gasteiger partial charge in [0.25, 0.3) is 0 Å². The van der Waals surface area contributed by atoms with Gasteiger partial charge in [-0.1, -0.05) is 18.2 Å². The molecule has 84 valence electrons. The van der Waals surface area contributed by atoms with E-state index in [0.717, 1.165) is 23.4 Å². The van der Waals surface area contributed by atoms with Crippen LogP contribution in [-0.4, -0.2) is 12.1 Å². The molecule has 3 nitrogen and oxygen atoms in total. The van der Waals surface area contributed by atoms with Crippen LogP contribution in [0.3, 0.4) is 0 Å². The maximum Gasteiger partial charge on any atom is 0.123 e. The number of hydrogen-bond donors (Lipinski definition) is 1. The molecule has 1 unspecified atom stereocenters. The minimum Gasteiger partial charge on any atom is -0.496 e. The minimum atomic E-state index is -0.0711. The monoisotopic (exact) mass is 234 g/mol.